The Labute approximate surface area is 110 Å². The van der Waals surface area contributed by atoms with Gasteiger partial charge in [-0.3, -0.25) is 8.98 Å². The molecule has 2 bridgehead atoms. The molecule has 0 saturated carbocycles. The number of ketones is 1. The lowest BCUT2D eigenvalue weighted by Gasteiger charge is -2.35. The molecule has 106 valence electrons. The van der Waals surface area contributed by atoms with Crippen LogP contribution in [0.1, 0.15) is 26.2 Å². The van der Waals surface area contributed by atoms with Crippen molar-refractivity contribution in [2.75, 3.05) is 13.2 Å². The fourth-order valence-corrected chi connectivity index (χ4v) is 4.85. The summed E-state index contributed by atoms with van der Waals surface area (Å²) in [7, 11) is -3.78. The summed E-state index contributed by atoms with van der Waals surface area (Å²) in [5, 5.41) is -0.962. The zero-order chi connectivity index (χ0) is 13.9. The molecule has 0 aliphatic carbocycles. The maximum Gasteiger partial charge on any atom is 0.346 e. The second-order valence-corrected chi connectivity index (χ2v) is 6.88. The van der Waals surface area contributed by atoms with Crippen LogP contribution in [0.2, 0.25) is 0 Å². The van der Waals surface area contributed by atoms with E-state index in [9.17, 15) is 18.0 Å². The summed E-state index contributed by atoms with van der Waals surface area (Å²) in [4.78, 5) is 24.1. The Bertz CT molecular complexity index is 553. The second-order valence-electron chi connectivity index (χ2n) is 5.09. The molecule has 0 amide bonds. The van der Waals surface area contributed by atoms with Crippen LogP contribution in [0.15, 0.2) is 0 Å². The summed E-state index contributed by atoms with van der Waals surface area (Å²) < 4.78 is 39.0. The van der Waals surface area contributed by atoms with Crippen LogP contribution < -0.4 is 0 Å². The molecule has 3 saturated heterocycles. The number of hydrogen-bond acceptors (Lipinski definition) is 7. The van der Waals surface area contributed by atoms with Gasteiger partial charge in [-0.15, -0.1) is 0 Å². The molecular formula is C11H14O7S. The minimum atomic E-state index is -3.78. The minimum Gasteiger partial charge on any atom is -0.464 e. The molecule has 7 nitrogen and oxygen atoms in total. The lowest BCUT2D eigenvalue weighted by molar-refractivity contribution is -0.193. The van der Waals surface area contributed by atoms with Crippen molar-refractivity contribution in [3.8, 4) is 0 Å². The fourth-order valence-electron chi connectivity index (χ4n) is 3.12. The monoisotopic (exact) mass is 290 g/mol. The van der Waals surface area contributed by atoms with Crippen LogP contribution in [0.3, 0.4) is 0 Å². The van der Waals surface area contributed by atoms with Crippen LogP contribution >= 0.6 is 0 Å². The van der Waals surface area contributed by atoms with Gasteiger partial charge in [0.1, 0.15) is 10.9 Å². The van der Waals surface area contributed by atoms with E-state index < -0.39 is 38.3 Å². The molecule has 3 fully saturated rings. The topological polar surface area (TPSA) is 96.0 Å². The zero-order valence-corrected chi connectivity index (χ0v) is 11.2. The summed E-state index contributed by atoms with van der Waals surface area (Å²) in [6, 6.07) is 0. The van der Waals surface area contributed by atoms with Crippen LogP contribution in [0, 0.1) is 0 Å². The number of hydrogen-bond donors (Lipinski definition) is 0. The van der Waals surface area contributed by atoms with Gasteiger partial charge in [0.05, 0.1) is 13.2 Å². The van der Waals surface area contributed by atoms with Crippen LogP contribution in [-0.2, 0) is 33.4 Å². The van der Waals surface area contributed by atoms with E-state index in [1.807, 2.05) is 0 Å². The average molecular weight is 290 g/mol. The highest BCUT2D eigenvalue weighted by Gasteiger charge is 2.72. The Morgan fingerprint density at radius 2 is 2.26 bits per heavy atom. The Morgan fingerprint density at radius 3 is 2.95 bits per heavy atom. The summed E-state index contributed by atoms with van der Waals surface area (Å²) in [5.74, 6) is -1.19. The molecule has 3 heterocycles. The highest BCUT2D eigenvalue weighted by atomic mass is 32.2. The van der Waals surface area contributed by atoms with Gasteiger partial charge in [-0.05, 0) is 13.3 Å². The molecule has 0 aromatic carbocycles. The highest BCUT2D eigenvalue weighted by molar-refractivity contribution is 7.87. The number of ether oxygens (including phenoxy) is 2. The number of carbonyl (C=O) groups is 2. The maximum absolute atomic E-state index is 12.1. The van der Waals surface area contributed by atoms with Crippen molar-refractivity contribution in [1.82, 2.24) is 0 Å². The lowest BCUT2D eigenvalue weighted by Crippen LogP contribution is -2.54. The molecule has 0 radical (unpaired) electrons. The number of carbonyl (C=O) groups excluding carboxylic acids is 2. The van der Waals surface area contributed by atoms with E-state index in [4.69, 9.17) is 13.7 Å². The third kappa shape index (κ3) is 1.53. The van der Waals surface area contributed by atoms with Crippen LogP contribution in [0.25, 0.3) is 0 Å². The summed E-state index contributed by atoms with van der Waals surface area (Å²) >= 11 is 0. The number of rotatable bonds is 2. The SMILES string of the molecule is CCOC(=O)[C@@]12C[C@H]3[C@](CCC1=O)(COS3(=O)=O)O2. The fraction of sp³-hybridized carbons (Fsp3) is 0.818. The van der Waals surface area contributed by atoms with E-state index in [2.05, 4.69) is 0 Å². The van der Waals surface area contributed by atoms with Crippen LogP contribution in [0.5, 0.6) is 0 Å². The van der Waals surface area contributed by atoms with E-state index in [0.29, 0.717) is 0 Å². The maximum atomic E-state index is 12.1. The van der Waals surface area contributed by atoms with Gasteiger partial charge in [-0.25, -0.2) is 4.79 Å². The normalized spacial score (nSPS) is 43.0. The number of esters is 1. The van der Waals surface area contributed by atoms with Crippen LogP contribution in [0.4, 0.5) is 0 Å². The van der Waals surface area contributed by atoms with E-state index in [0.717, 1.165) is 0 Å². The zero-order valence-electron chi connectivity index (χ0n) is 10.4. The Morgan fingerprint density at radius 1 is 1.53 bits per heavy atom. The first-order valence-electron chi connectivity index (χ1n) is 6.15. The van der Waals surface area contributed by atoms with Gasteiger partial charge in [0.2, 0.25) is 5.60 Å². The van der Waals surface area contributed by atoms with Gasteiger partial charge in [0.15, 0.2) is 5.78 Å². The highest BCUT2D eigenvalue weighted by Crippen LogP contribution is 2.53. The van der Waals surface area contributed by atoms with Gasteiger partial charge in [0.25, 0.3) is 10.1 Å². The van der Waals surface area contributed by atoms with Crippen molar-refractivity contribution in [3.63, 3.8) is 0 Å². The smallest absolute Gasteiger partial charge is 0.346 e. The average Bonchev–Trinajstić information content (AvgIpc) is 2.78. The molecule has 3 aliphatic heterocycles. The largest absolute Gasteiger partial charge is 0.464 e. The molecule has 1 spiro atoms. The lowest BCUT2D eigenvalue weighted by atomic mass is 9.92. The van der Waals surface area contributed by atoms with E-state index in [-0.39, 0.29) is 32.5 Å². The van der Waals surface area contributed by atoms with E-state index in [1.54, 1.807) is 6.92 Å². The van der Waals surface area contributed by atoms with Crippen molar-refractivity contribution in [2.24, 2.45) is 0 Å². The van der Waals surface area contributed by atoms with E-state index >= 15 is 0 Å². The first-order valence-corrected chi connectivity index (χ1v) is 7.62. The molecule has 0 unspecified atom stereocenters. The predicted octanol–water partition coefficient (Wildman–Crippen LogP) is -0.461. The molecule has 3 atom stereocenters. The second kappa shape index (κ2) is 3.77. The molecule has 3 aliphatic rings. The van der Waals surface area contributed by atoms with E-state index in [1.165, 1.54) is 0 Å². The van der Waals surface area contributed by atoms with Gasteiger partial charge < -0.3 is 9.47 Å². The first-order chi connectivity index (χ1) is 8.86. The molecule has 8 heteroatoms. The summed E-state index contributed by atoms with van der Waals surface area (Å²) in [5.41, 5.74) is -2.82. The molecule has 0 aromatic rings. The molecule has 0 N–H and O–H groups in total. The van der Waals surface area contributed by atoms with Crippen molar-refractivity contribution in [3.05, 3.63) is 0 Å². The summed E-state index contributed by atoms with van der Waals surface area (Å²) in [6.45, 7) is 1.60. The van der Waals surface area contributed by atoms with Crippen molar-refractivity contribution in [1.29, 1.82) is 0 Å². The van der Waals surface area contributed by atoms with Crippen molar-refractivity contribution >= 4 is 21.9 Å². The number of fused-ring (bicyclic) bond motifs is 1. The standard InChI is InChI=1S/C11H14O7S/c1-2-16-9(13)11-5-8-10(18-11,4-3-7(11)12)6-17-19(8,14)15/h8H,2-6H2,1H3/t8-,10-,11+/m0/s1. The summed E-state index contributed by atoms with van der Waals surface area (Å²) in [6.07, 6.45) is 0.165. The van der Waals surface area contributed by atoms with Gasteiger partial charge in [-0.1, -0.05) is 0 Å². The Kier molecular flexibility index (Phi) is 2.58. The number of Topliss-reactive ketones (excluding diaryl/α,β-unsaturated/α-hetero) is 1. The molecule has 19 heavy (non-hydrogen) atoms. The first kappa shape index (κ1) is 13.0. The van der Waals surface area contributed by atoms with Gasteiger partial charge in [-0.2, -0.15) is 8.42 Å². The molecule has 3 rings (SSSR count). The third-order valence-corrected chi connectivity index (χ3v) is 5.82. The third-order valence-electron chi connectivity index (χ3n) is 4.08. The van der Waals surface area contributed by atoms with Crippen molar-refractivity contribution in [2.45, 2.75) is 42.6 Å². The Hall–Kier alpha value is -0.990. The predicted molar refractivity (Wildman–Crippen MR) is 60.7 cm³/mol. The quantitative estimate of drug-likeness (QED) is 0.385. The minimum absolute atomic E-state index is 0.105. The molecule has 0 aromatic heterocycles. The van der Waals surface area contributed by atoms with Crippen LogP contribution in [-0.4, -0.2) is 49.8 Å². The van der Waals surface area contributed by atoms with Crippen molar-refractivity contribution < 1.29 is 31.7 Å². The molecular weight excluding hydrogens is 276 g/mol. The van der Waals surface area contributed by atoms with Gasteiger partial charge in [0, 0.05) is 12.8 Å². The Balaban J connectivity index is 2.04. The van der Waals surface area contributed by atoms with Gasteiger partial charge >= 0.3 is 5.97 Å².